The molecule has 2 rings (SSSR count). The molecule has 0 atom stereocenters. The summed E-state index contributed by atoms with van der Waals surface area (Å²) in [5.74, 6) is 0.805. The second-order valence-corrected chi connectivity index (χ2v) is 6.32. The summed E-state index contributed by atoms with van der Waals surface area (Å²) < 4.78 is 0. The van der Waals surface area contributed by atoms with Gasteiger partial charge in [-0.05, 0) is 51.3 Å². The summed E-state index contributed by atoms with van der Waals surface area (Å²) >= 11 is 0. The van der Waals surface area contributed by atoms with E-state index >= 15 is 0 Å². The lowest BCUT2D eigenvalue weighted by Gasteiger charge is -2.16. The van der Waals surface area contributed by atoms with Gasteiger partial charge < -0.3 is 20.9 Å². The van der Waals surface area contributed by atoms with Crippen LogP contribution in [0.1, 0.15) is 39.2 Å². The molecule has 1 aromatic carbocycles. The maximum atomic E-state index is 12.2. The highest BCUT2D eigenvalue weighted by atomic mass is 127. The van der Waals surface area contributed by atoms with Crippen LogP contribution in [-0.4, -0.2) is 42.6 Å². The Balaban J connectivity index is 0.00000312. The number of amides is 2. The predicted octanol–water partition coefficient (Wildman–Crippen LogP) is 3.40. The van der Waals surface area contributed by atoms with Gasteiger partial charge in [0, 0.05) is 31.4 Å². The standard InChI is InChI=1S/C18H29N5O.HI/c1-4-19-17(21-14(2)3)20-13-15-8-7-9-16(12-15)22-18(24)23-10-5-6-11-23;/h7-9,12,14H,4-6,10-11,13H2,1-3H3,(H,22,24)(H2,19,20,21);1H. The number of aliphatic imine (C=N–C) groups is 1. The summed E-state index contributed by atoms with van der Waals surface area (Å²) in [5.41, 5.74) is 1.89. The van der Waals surface area contributed by atoms with Gasteiger partial charge in [0.1, 0.15) is 0 Å². The zero-order valence-corrected chi connectivity index (χ0v) is 17.7. The predicted molar refractivity (Wildman–Crippen MR) is 115 cm³/mol. The number of likely N-dealkylation sites (tertiary alicyclic amines) is 1. The molecule has 140 valence electrons. The number of carbonyl (C=O) groups excluding carboxylic acids is 1. The molecule has 1 fully saturated rings. The van der Waals surface area contributed by atoms with E-state index in [1.807, 2.05) is 36.1 Å². The molecule has 0 unspecified atom stereocenters. The smallest absolute Gasteiger partial charge is 0.321 e. The van der Waals surface area contributed by atoms with Crippen LogP contribution < -0.4 is 16.0 Å². The lowest BCUT2D eigenvalue weighted by Crippen LogP contribution is -2.41. The molecule has 1 aromatic rings. The van der Waals surface area contributed by atoms with Crippen molar-refractivity contribution in [3.05, 3.63) is 29.8 Å². The van der Waals surface area contributed by atoms with Crippen molar-refractivity contribution in [1.82, 2.24) is 15.5 Å². The highest BCUT2D eigenvalue weighted by Crippen LogP contribution is 2.14. The van der Waals surface area contributed by atoms with Crippen LogP contribution in [0.3, 0.4) is 0 Å². The molecule has 0 bridgehead atoms. The van der Waals surface area contributed by atoms with E-state index in [9.17, 15) is 4.79 Å². The Hall–Kier alpha value is -1.51. The van der Waals surface area contributed by atoms with Gasteiger partial charge in [0.2, 0.25) is 0 Å². The summed E-state index contributed by atoms with van der Waals surface area (Å²) in [6, 6.07) is 8.19. The topological polar surface area (TPSA) is 68.8 Å². The molecule has 1 aliphatic rings. The van der Waals surface area contributed by atoms with Crippen LogP contribution in [0.25, 0.3) is 0 Å². The van der Waals surface area contributed by atoms with Gasteiger partial charge in [-0.1, -0.05) is 12.1 Å². The second kappa shape index (κ2) is 11.2. The van der Waals surface area contributed by atoms with E-state index in [0.717, 1.165) is 49.7 Å². The van der Waals surface area contributed by atoms with Gasteiger partial charge in [-0.3, -0.25) is 0 Å². The average molecular weight is 459 g/mol. The minimum atomic E-state index is -0.0111. The second-order valence-electron chi connectivity index (χ2n) is 6.32. The summed E-state index contributed by atoms with van der Waals surface area (Å²) in [6.45, 7) is 9.31. The molecule has 25 heavy (non-hydrogen) atoms. The monoisotopic (exact) mass is 459 g/mol. The molecule has 0 saturated carbocycles. The zero-order chi connectivity index (χ0) is 17.4. The van der Waals surface area contributed by atoms with Crippen molar-refractivity contribution in [1.29, 1.82) is 0 Å². The van der Waals surface area contributed by atoms with Crippen LogP contribution in [0.2, 0.25) is 0 Å². The number of carbonyl (C=O) groups is 1. The number of rotatable bonds is 5. The molecule has 0 aliphatic carbocycles. The fourth-order valence-corrected chi connectivity index (χ4v) is 2.63. The zero-order valence-electron chi connectivity index (χ0n) is 15.3. The van der Waals surface area contributed by atoms with Gasteiger partial charge in [-0.15, -0.1) is 24.0 Å². The Bertz CT molecular complexity index is 570. The summed E-state index contributed by atoms with van der Waals surface area (Å²) in [7, 11) is 0. The molecule has 1 heterocycles. The molecular weight excluding hydrogens is 429 g/mol. The van der Waals surface area contributed by atoms with Crippen molar-refractivity contribution in [3.63, 3.8) is 0 Å². The van der Waals surface area contributed by atoms with E-state index in [1.54, 1.807) is 0 Å². The molecule has 0 aromatic heterocycles. The maximum Gasteiger partial charge on any atom is 0.321 e. The minimum Gasteiger partial charge on any atom is -0.357 e. The van der Waals surface area contributed by atoms with E-state index in [4.69, 9.17) is 0 Å². The van der Waals surface area contributed by atoms with Gasteiger partial charge in [0.25, 0.3) is 0 Å². The van der Waals surface area contributed by atoms with E-state index in [1.165, 1.54) is 0 Å². The first-order valence-corrected chi connectivity index (χ1v) is 8.78. The molecule has 0 radical (unpaired) electrons. The minimum absolute atomic E-state index is 0. The van der Waals surface area contributed by atoms with Gasteiger partial charge in [0.05, 0.1) is 6.54 Å². The molecule has 6 nitrogen and oxygen atoms in total. The number of anilines is 1. The molecule has 3 N–H and O–H groups in total. The first-order chi connectivity index (χ1) is 11.6. The number of benzene rings is 1. The number of guanidine groups is 1. The molecule has 7 heteroatoms. The third kappa shape index (κ3) is 7.50. The Kier molecular flexibility index (Phi) is 9.62. The van der Waals surface area contributed by atoms with Crippen LogP contribution in [0.4, 0.5) is 10.5 Å². The van der Waals surface area contributed by atoms with Crippen molar-refractivity contribution in [3.8, 4) is 0 Å². The number of hydrogen-bond acceptors (Lipinski definition) is 2. The number of nitrogens with zero attached hydrogens (tertiary/aromatic N) is 2. The maximum absolute atomic E-state index is 12.2. The summed E-state index contributed by atoms with van der Waals surface area (Å²) in [5, 5.41) is 9.50. The molecule has 1 aliphatic heterocycles. The van der Waals surface area contributed by atoms with Gasteiger partial charge in [-0.25, -0.2) is 9.79 Å². The van der Waals surface area contributed by atoms with Crippen molar-refractivity contribution >= 4 is 41.7 Å². The van der Waals surface area contributed by atoms with Crippen LogP contribution in [-0.2, 0) is 6.54 Å². The fraction of sp³-hybridized carbons (Fsp3) is 0.556. The Labute approximate surface area is 167 Å². The van der Waals surface area contributed by atoms with Gasteiger partial charge in [0.15, 0.2) is 5.96 Å². The van der Waals surface area contributed by atoms with Crippen LogP contribution in [0.15, 0.2) is 29.3 Å². The van der Waals surface area contributed by atoms with Crippen molar-refractivity contribution in [2.75, 3.05) is 25.0 Å². The number of hydrogen-bond donors (Lipinski definition) is 3. The van der Waals surface area contributed by atoms with E-state index in [0.29, 0.717) is 12.6 Å². The summed E-state index contributed by atoms with van der Waals surface area (Å²) in [6.07, 6.45) is 2.19. The number of halogens is 1. The summed E-state index contributed by atoms with van der Waals surface area (Å²) in [4.78, 5) is 18.6. The quantitative estimate of drug-likeness (QED) is 0.359. The fourth-order valence-electron chi connectivity index (χ4n) is 2.63. The third-order valence-corrected chi connectivity index (χ3v) is 3.76. The van der Waals surface area contributed by atoms with Crippen LogP contribution in [0, 0.1) is 0 Å². The molecule has 1 saturated heterocycles. The van der Waals surface area contributed by atoms with Crippen LogP contribution in [0.5, 0.6) is 0 Å². The normalized spacial score (nSPS) is 14.2. The Morgan fingerprint density at radius 1 is 1.28 bits per heavy atom. The number of nitrogens with one attached hydrogen (secondary N) is 3. The Morgan fingerprint density at radius 2 is 2.00 bits per heavy atom. The highest BCUT2D eigenvalue weighted by Gasteiger charge is 2.17. The van der Waals surface area contributed by atoms with Crippen LogP contribution >= 0.6 is 24.0 Å². The van der Waals surface area contributed by atoms with Crippen molar-refractivity contribution in [2.45, 2.75) is 46.2 Å². The average Bonchev–Trinajstić information content (AvgIpc) is 3.07. The molecule has 0 spiro atoms. The van der Waals surface area contributed by atoms with Crippen molar-refractivity contribution in [2.24, 2.45) is 4.99 Å². The van der Waals surface area contributed by atoms with E-state index in [2.05, 4.69) is 34.8 Å². The third-order valence-electron chi connectivity index (χ3n) is 3.76. The van der Waals surface area contributed by atoms with Crippen molar-refractivity contribution < 1.29 is 4.79 Å². The van der Waals surface area contributed by atoms with Gasteiger partial charge >= 0.3 is 6.03 Å². The Morgan fingerprint density at radius 3 is 2.64 bits per heavy atom. The first kappa shape index (κ1) is 21.5. The highest BCUT2D eigenvalue weighted by molar-refractivity contribution is 14.0. The first-order valence-electron chi connectivity index (χ1n) is 8.78. The number of urea groups is 1. The molecular formula is C18H30IN5O. The van der Waals surface area contributed by atoms with E-state index in [-0.39, 0.29) is 30.0 Å². The van der Waals surface area contributed by atoms with Gasteiger partial charge in [-0.2, -0.15) is 0 Å². The SMILES string of the molecule is CCNC(=NCc1cccc(NC(=O)N2CCCC2)c1)NC(C)C.I. The molecule has 2 amide bonds. The lowest BCUT2D eigenvalue weighted by atomic mass is 10.2. The van der Waals surface area contributed by atoms with E-state index < -0.39 is 0 Å². The lowest BCUT2D eigenvalue weighted by molar-refractivity contribution is 0.222. The largest absolute Gasteiger partial charge is 0.357 e.